The summed E-state index contributed by atoms with van der Waals surface area (Å²) in [5.41, 5.74) is 1.16. The van der Waals surface area contributed by atoms with Crippen LogP contribution in [0.25, 0.3) is 0 Å². The Morgan fingerprint density at radius 2 is 2.09 bits per heavy atom. The fourth-order valence-corrected chi connectivity index (χ4v) is 4.78. The average Bonchev–Trinajstić information content (AvgIpc) is 2.93. The van der Waals surface area contributed by atoms with Crippen LogP contribution in [-0.4, -0.2) is 37.0 Å². The van der Waals surface area contributed by atoms with E-state index in [1.807, 2.05) is 0 Å². The van der Waals surface area contributed by atoms with Gasteiger partial charge in [-0.25, -0.2) is 0 Å². The van der Waals surface area contributed by atoms with E-state index in [4.69, 9.17) is 0 Å². The summed E-state index contributed by atoms with van der Waals surface area (Å²) in [4.78, 5) is 16.3. The first-order chi connectivity index (χ1) is 10.6. The maximum atomic E-state index is 12.9. The van der Waals surface area contributed by atoms with Crippen molar-refractivity contribution in [3.8, 4) is 0 Å². The van der Waals surface area contributed by atoms with Crippen LogP contribution >= 0.6 is 11.3 Å². The number of amides is 1. The minimum absolute atomic E-state index is 0.242. The molecule has 0 aliphatic carbocycles. The lowest BCUT2D eigenvalue weighted by molar-refractivity contribution is 0.0707. The summed E-state index contributed by atoms with van der Waals surface area (Å²) in [6.07, 6.45) is 6.00. The smallest absolute Gasteiger partial charge is 0.254 e. The molecule has 2 aliphatic heterocycles. The molecular weight excluding hydrogens is 292 g/mol. The van der Waals surface area contributed by atoms with Crippen LogP contribution in [0.3, 0.4) is 0 Å². The minimum atomic E-state index is 0.242. The van der Waals surface area contributed by atoms with Crippen molar-refractivity contribution in [2.24, 2.45) is 5.41 Å². The van der Waals surface area contributed by atoms with Gasteiger partial charge in [0.1, 0.15) is 0 Å². The second-order valence-corrected chi connectivity index (χ2v) is 8.55. The second-order valence-electron chi connectivity index (χ2n) is 7.61. The van der Waals surface area contributed by atoms with Crippen molar-refractivity contribution in [1.82, 2.24) is 10.2 Å². The molecule has 2 saturated heterocycles. The van der Waals surface area contributed by atoms with Crippen molar-refractivity contribution in [3.63, 3.8) is 0 Å². The van der Waals surface area contributed by atoms with Crippen molar-refractivity contribution >= 4 is 17.2 Å². The third-order valence-corrected chi connectivity index (χ3v) is 6.14. The molecule has 0 aromatic carbocycles. The molecule has 1 N–H and O–H groups in total. The van der Waals surface area contributed by atoms with Crippen molar-refractivity contribution in [2.45, 2.75) is 51.9 Å². The summed E-state index contributed by atoms with van der Waals surface area (Å²) in [5, 5.41) is 5.49. The summed E-state index contributed by atoms with van der Waals surface area (Å²) < 4.78 is 0. The highest BCUT2D eigenvalue weighted by molar-refractivity contribution is 7.10. The number of piperidine rings is 1. The van der Waals surface area contributed by atoms with Gasteiger partial charge in [-0.2, -0.15) is 0 Å². The molecule has 22 heavy (non-hydrogen) atoms. The first-order valence-corrected chi connectivity index (χ1v) is 9.52. The molecule has 4 heteroatoms. The molecule has 2 fully saturated rings. The van der Waals surface area contributed by atoms with Gasteiger partial charge in [-0.3, -0.25) is 4.79 Å². The van der Waals surface area contributed by atoms with Gasteiger partial charge in [-0.15, -0.1) is 11.3 Å². The van der Waals surface area contributed by atoms with Gasteiger partial charge in [0, 0.05) is 23.3 Å². The number of carbonyl (C=O) groups excluding carboxylic acids is 1. The van der Waals surface area contributed by atoms with Gasteiger partial charge in [0.15, 0.2) is 0 Å². The molecule has 0 bridgehead atoms. The Morgan fingerprint density at radius 3 is 2.86 bits per heavy atom. The van der Waals surface area contributed by atoms with E-state index in [0.717, 1.165) is 38.2 Å². The zero-order valence-corrected chi connectivity index (χ0v) is 14.7. The molecule has 0 atom stereocenters. The first kappa shape index (κ1) is 16.0. The third kappa shape index (κ3) is 3.72. The van der Waals surface area contributed by atoms with E-state index < -0.39 is 0 Å². The molecule has 0 radical (unpaired) electrons. The van der Waals surface area contributed by atoms with Crippen molar-refractivity contribution in [3.05, 3.63) is 21.9 Å². The fourth-order valence-electron chi connectivity index (χ4n) is 3.72. The highest BCUT2D eigenvalue weighted by Gasteiger charge is 2.28. The number of rotatable bonds is 2. The molecule has 0 saturated carbocycles. The Balaban J connectivity index is 1.70. The number of nitrogens with one attached hydrogen (secondary N) is 1. The monoisotopic (exact) mass is 320 g/mol. The first-order valence-electron chi connectivity index (χ1n) is 8.64. The number of thiophene rings is 1. The quantitative estimate of drug-likeness (QED) is 0.897. The molecular formula is C18H28N2OS. The molecule has 1 aromatic heterocycles. The standard InChI is InChI=1S/C18H28N2OS/c1-18(2)7-3-4-10-20(13-18)17(21)15-11-16(22-12-15)14-5-8-19-9-6-14/h11-12,14,19H,3-10,13H2,1-2H3. The van der Waals surface area contributed by atoms with E-state index in [2.05, 4.69) is 35.5 Å². The van der Waals surface area contributed by atoms with E-state index >= 15 is 0 Å². The van der Waals surface area contributed by atoms with E-state index in [0.29, 0.717) is 5.92 Å². The average molecular weight is 321 g/mol. The lowest BCUT2D eigenvalue weighted by atomic mass is 9.88. The predicted octanol–water partition coefficient (Wildman–Crippen LogP) is 3.87. The summed E-state index contributed by atoms with van der Waals surface area (Å²) in [6.45, 7) is 8.59. The largest absolute Gasteiger partial charge is 0.338 e. The predicted molar refractivity (Wildman–Crippen MR) is 92.7 cm³/mol. The van der Waals surface area contributed by atoms with Crippen LogP contribution in [0, 0.1) is 5.41 Å². The lowest BCUT2D eigenvalue weighted by Crippen LogP contribution is -2.37. The summed E-state index contributed by atoms with van der Waals surface area (Å²) in [7, 11) is 0. The van der Waals surface area contributed by atoms with E-state index in [-0.39, 0.29) is 11.3 Å². The van der Waals surface area contributed by atoms with Crippen LogP contribution in [0.4, 0.5) is 0 Å². The SMILES string of the molecule is CC1(C)CCCCN(C(=O)c2csc(C3CCNCC3)c2)C1. The van der Waals surface area contributed by atoms with Crippen molar-refractivity contribution in [1.29, 1.82) is 0 Å². The van der Waals surface area contributed by atoms with Crippen molar-refractivity contribution in [2.75, 3.05) is 26.2 Å². The van der Waals surface area contributed by atoms with Gasteiger partial charge < -0.3 is 10.2 Å². The zero-order chi connectivity index (χ0) is 15.6. The number of hydrogen-bond donors (Lipinski definition) is 1. The van der Waals surface area contributed by atoms with Crippen LogP contribution in [-0.2, 0) is 0 Å². The van der Waals surface area contributed by atoms with Crippen molar-refractivity contribution < 1.29 is 4.79 Å². The Morgan fingerprint density at radius 1 is 1.32 bits per heavy atom. The lowest BCUT2D eigenvalue weighted by Gasteiger charge is -2.29. The normalized spacial score (nSPS) is 23.3. The Bertz CT molecular complexity index is 517. The van der Waals surface area contributed by atoms with Crippen LogP contribution < -0.4 is 5.32 Å². The van der Waals surface area contributed by atoms with Gasteiger partial charge >= 0.3 is 0 Å². The maximum absolute atomic E-state index is 12.9. The van der Waals surface area contributed by atoms with Crippen LogP contribution in [0.15, 0.2) is 11.4 Å². The maximum Gasteiger partial charge on any atom is 0.254 e. The van der Waals surface area contributed by atoms with Gasteiger partial charge in [-0.1, -0.05) is 20.3 Å². The highest BCUT2D eigenvalue weighted by Crippen LogP contribution is 2.32. The zero-order valence-electron chi connectivity index (χ0n) is 13.9. The Kier molecular flexibility index (Phi) is 4.88. The van der Waals surface area contributed by atoms with Gasteiger partial charge in [0.2, 0.25) is 0 Å². The molecule has 0 spiro atoms. The number of likely N-dealkylation sites (tertiary alicyclic amines) is 1. The van der Waals surface area contributed by atoms with Gasteiger partial charge in [0.05, 0.1) is 5.56 Å². The molecule has 3 nitrogen and oxygen atoms in total. The topological polar surface area (TPSA) is 32.3 Å². The number of nitrogens with zero attached hydrogens (tertiary/aromatic N) is 1. The van der Waals surface area contributed by atoms with E-state index in [1.54, 1.807) is 11.3 Å². The van der Waals surface area contributed by atoms with Gasteiger partial charge in [0.25, 0.3) is 5.91 Å². The minimum Gasteiger partial charge on any atom is -0.338 e. The van der Waals surface area contributed by atoms with Gasteiger partial charge in [-0.05, 0) is 56.2 Å². The summed E-state index contributed by atoms with van der Waals surface area (Å²) in [5.74, 6) is 0.889. The molecule has 1 aromatic rings. The summed E-state index contributed by atoms with van der Waals surface area (Å²) in [6, 6.07) is 2.17. The highest BCUT2D eigenvalue weighted by atomic mass is 32.1. The Labute approximate surface area is 138 Å². The molecule has 1 amide bonds. The van der Waals surface area contributed by atoms with E-state index in [9.17, 15) is 4.79 Å². The fraction of sp³-hybridized carbons (Fsp3) is 0.722. The number of carbonyl (C=O) groups is 1. The van der Waals surface area contributed by atoms with E-state index in [1.165, 1.54) is 30.6 Å². The molecule has 2 aliphatic rings. The second kappa shape index (κ2) is 6.71. The van der Waals surface area contributed by atoms with Crippen LogP contribution in [0.1, 0.15) is 67.1 Å². The molecule has 0 unspecified atom stereocenters. The third-order valence-electron chi connectivity index (χ3n) is 5.05. The van der Waals surface area contributed by atoms with Crippen LogP contribution in [0.5, 0.6) is 0 Å². The summed E-state index contributed by atoms with van der Waals surface area (Å²) >= 11 is 1.78. The molecule has 122 valence electrons. The Hall–Kier alpha value is -0.870. The van der Waals surface area contributed by atoms with Crippen LogP contribution in [0.2, 0.25) is 0 Å². The number of hydrogen-bond acceptors (Lipinski definition) is 3. The molecule has 3 rings (SSSR count). The molecule has 3 heterocycles.